The van der Waals surface area contributed by atoms with Crippen molar-refractivity contribution in [3.05, 3.63) is 29.8 Å². The SMILES string of the molecule is CC[C@@H](C)c1ccccc1OCC[NH+]1CCC[C@H](C)C1. The van der Waals surface area contributed by atoms with Crippen LogP contribution in [0.15, 0.2) is 24.3 Å². The predicted molar refractivity (Wildman–Crippen MR) is 84.6 cm³/mol. The summed E-state index contributed by atoms with van der Waals surface area (Å²) in [6.07, 6.45) is 3.94. The van der Waals surface area contributed by atoms with Gasteiger partial charge in [0.1, 0.15) is 18.9 Å². The van der Waals surface area contributed by atoms with Crippen molar-refractivity contribution >= 4 is 0 Å². The molecule has 2 nitrogen and oxygen atoms in total. The van der Waals surface area contributed by atoms with Crippen LogP contribution in [-0.4, -0.2) is 26.2 Å². The number of benzene rings is 1. The second-order valence-corrected chi connectivity index (χ2v) is 6.40. The Kier molecular flexibility index (Phi) is 5.90. The number of hydrogen-bond donors (Lipinski definition) is 1. The molecule has 20 heavy (non-hydrogen) atoms. The lowest BCUT2D eigenvalue weighted by molar-refractivity contribution is -0.908. The Morgan fingerprint density at radius 2 is 2.15 bits per heavy atom. The van der Waals surface area contributed by atoms with E-state index in [1.807, 2.05) is 0 Å². The highest BCUT2D eigenvalue weighted by Crippen LogP contribution is 2.28. The third-order valence-corrected chi connectivity index (χ3v) is 4.64. The first kappa shape index (κ1) is 15.4. The highest BCUT2D eigenvalue weighted by Gasteiger charge is 2.19. The number of nitrogens with one attached hydrogen (secondary N) is 1. The van der Waals surface area contributed by atoms with Crippen molar-refractivity contribution in [3.63, 3.8) is 0 Å². The molecule has 0 saturated carbocycles. The number of likely N-dealkylation sites (tertiary alicyclic amines) is 1. The van der Waals surface area contributed by atoms with E-state index in [1.165, 1.54) is 31.5 Å². The molecule has 2 rings (SSSR count). The van der Waals surface area contributed by atoms with Crippen LogP contribution in [0.1, 0.15) is 51.5 Å². The topological polar surface area (TPSA) is 13.7 Å². The summed E-state index contributed by atoms with van der Waals surface area (Å²) < 4.78 is 6.08. The molecule has 2 heteroatoms. The van der Waals surface area contributed by atoms with Crippen molar-refractivity contribution in [2.75, 3.05) is 26.2 Å². The minimum Gasteiger partial charge on any atom is -0.487 e. The average molecular weight is 276 g/mol. The molecule has 1 saturated heterocycles. The van der Waals surface area contributed by atoms with Crippen molar-refractivity contribution in [1.29, 1.82) is 0 Å². The number of para-hydroxylation sites is 1. The highest BCUT2D eigenvalue weighted by molar-refractivity contribution is 5.35. The lowest BCUT2D eigenvalue weighted by Crippen LogP contribution is -3.14. The Balaban J connectivity index is 1.84. The van der Waals surface area contributed by atoms with Crippen LogP contribution >= 0.6 is 0 Å². The molecular formula is C18H30NO+. The van der Waals surface area contributed by atoms with Crippen LogP contribution in [-0.2, 0) is 0 Å². The fraction of sp³-hybridized carbons (Fsp3) is 0.667. The molecule has 0 radical (unpaired) electrons. The van der Waals surface area contributed by atoms with Crippen molar-refractivity contribution in [2.45, 2.75) is 46.0 Å². The normalized spacial score (nSPS) is 24.4. The Morgan fingerprint density at radius 1 is 1.35 bits per heavy atom. The summed E-state index contributed by atoms with van der Waals surface area (Å²) in [4.78, 5) is 1.71. The largest absolute Gasteiger partial charge is 0.487 e. The number of piperidine rings is 1. The van der Waals surface area contributed by atoms with E-state index < -0.39 is 0 Å². The first-order valence-corrected chi connectivity index (χ1v) is 8.26. The van der Waals surface area contributed by atoms with Crippen LogP contribution in [0.4, 0.5) is 0 Å². The van der Waals surface area contributed by atoms with Gasteiger partial charge in [0.2, 0.25) is 0 Å². The molecule has 1 aromatic carbocycles. The van der Waals surface area contributed by atoms with Crippen LogP contribution in [0.3, 0.4) is 0 Å². The summed E-state index contributed by atoms with van der Waals surface area (Å²) in [7, 11) is 0. The molecule has 3 atom stereocenters. The molecule has 1 N–H and O–H groups in total. The van der Waals surface area contributed by atoms with Crippen molar-refractivity contribution in [1.82, 2.24) is 0 Å². The second kappa shape index (κ2) is 7.68. The zero-order valence-electron chi connectivity index (χ0n) is 13.3. The summed E-state index contributed by atoms with van der Waals surface area (Å²) in [5, 5.41) is 0. The summed E-state index contributed by atoms with van der Waals surface area (Å²) >= 11 is 0. The molecule has 0 bridgehead atoms. The fourth-order valence-corrected chi connectivity index (χ4v) is 3.17. The molecule has 1 aliphatic rings. The Hall–Kier alpha value is -1.02. The van der Waals surface area contributed by atoms with Crippen LogP contribution in [0.25, 0.3) is 0 Å². The van der Waals surface area contributed by atoms with Crippen LogP contribution < -0.4 is 9.64 Å². The molecule has 0 aliphatic carbocycles. The summed E-state index contributed by atoms with van der Waals surface area (Å²) in [6, 6.07) is 8.53. The molecule has 0 amide bonds. The smallest absolute Gasteiger partial charge is 0.137 e. The first-order valence-electron chi connectivity index (χ1n) is 8.26. The van der Waals surface area contributed by atoms with Crippen LogP contribution in [0.2, 0.25) is 0 Å². The van der Waals surface area contributed by atoms with E-state index in [0.29, 0.717) is 5.92 Å². The van der Waals surface area contributed by atoms with Gasteiger partial charge in [0.25, 0.3) is 0 Å². The Bertz CT molecular complexity index is 404. The predicted octanol–water partition coefficient (Wildman–Crippen LogP) is 2.89. The van der Waals surface area contributed by atoms with E-state index in [4.69, 9.17) is 4.74 Å². The van der Waals surface area contributed by atoms with E-state index in [0.717, 1.165) is 31.2 Å². The van der Waals surface area contributed by atoms with Crippen LogP contribution in [0, 0.1) is 5.92 Å². The Morgan fingerprint density at radius 3 is 2.90 bits per heavy atom. The average Bonchev–Trinajstić information content (AvgIpc) is 2.47. The van der Waals surface area contributed by atoms with Crippen molar-refractivity contribution in [2.24, 2.45) is 5.92 Å². The number of ether oxygens (including phenoxy) is 1. The van der Waals surface area contributed by atoms with Crippen molar-refractivity contribution in [3.8, 4) is 5.75 Å². The van der Waals surface area contributed by atoms with Gasteiger partial charge >= 0.3 is 0 Å². The van der Waals surface area contributed by atoms with Gasteiger partial charge in [-0.2, -0.15) is 0 Å². The maximum atomic E-state index is 6.08. The minimum absolute atomic E-state index is 0.577. The lowest BCUT2D eigenvalue weighted by atomic mass is 9.98. The van der Waals surface area contributed by atoms with Gasteiger partial charge in [-0.15, -0.1) is 0 Å². The summed E-state index contributed by atoms with van der Waals surface area (Å²) in [6.45, 7) is 11.5. The van der Waals surface area contributed by atoms with Gasteiger partial charge in [0.15, 0.2) is 0 Å². The van der Waals surface area contributed by atoms with E-state index in [9.17, 15) is 0 Å². The van der Waals surface area contributed by atoms with Crippen LogP contribution in [0.5, 0.6) is 5.75 Å². The number of rotatable bonds is 6. The monoisotopic (exact) mass is 276 g/mol. The highest BCUT2D eigenvalue weighted by atomic mass is 16.5. The molecular weight excluding hydrogens is 246 g/mol. The minimum atomic E-state index is 0.577. The molecule has 1 heterocycles. The van der Waals surface area contributed by atoms with Gasteiger partial charge in [-0.25, -0.2) is 0 Å². The Labute approximate surface area is 124 Å². The fourth-order valence-electron chi connectivity index (χ4n) is 3.17. The van der Waals surface area contributed by atoms with E-state index in [-0.39, 0.29) is 0 Å². The van der Waals surface area contributed by atoms with Gasteiger partial charge in [0, 0.05) is 5.92 Å². The first-order chi connectivity index (χ1) is 9.70. The van der Waals surface area contributed by atoms with Gasteiger partial charge in [-0.3, -0.25) is 0 Å². The van der Waals surface area contributed by atoms with E-state index in [2.05, 4.69) is 45.0 Å². The molecule has 1 aromatic rings. The third kappa shape index (κ3) is 4.24. The van der Waals surface area contributed by atoms with Gasteiger partial charge < -0.3 is 9.64 Å². The van der Waals surface area contributed by atoms with E-state index >= 15 is 0 Å². The second-order valence-electron chi connectivity index (χ2n) is 6.40. The van der Waals surface area contributed by atoms with Gasteiger partial charge in [-0.1, -0.05) is 39.0 Å². The molecule has 1 unspecified atom stereocenters. The van der Waals surface area contributed by atoms with Gasteiger partial charge in [0.05, 0.1) is 13.1 Å². The maximum Gasteiger partial charge on any atom is 0.137 e. The maximum absolute atomic E-state index is 6.08. The number of hydrogen-bond acceptors (Lipinski definition) is 1. The zero-order chi connectivity index (χ0) is 14.4. The van der Waals surface area contributed by atoms with E-state index in [1.54, 1.807) is 4.90 Å². The molecule has 112 valence electrons. The standard InChI is InChI=1S/C18H29NO/c1-4-16(3)17-9-5-6-10-18(17)20-13-12-19-11-7-8-15(2)14-19/h5-6,9-10,15-16H,4,7-8,11-14H2,1-3H3/p+1/t15-,16+/m0/s1. The van der Waals surface area contributed by atoms with Gasteiger partial charge in [-0.05, 0) is 36.8 Å². The number of quaternary nitrogens is 1. The lowest BCUT2D eigenvalue weighted by Gasteiger charge is -2.28. The third-order valence-electron chi connectivity index (χ3n) is 4.64. The van der Waals surface area contributed by atoms with Crippen molar-refractivity contribution < 1.29 is 9.64 Å². The quantitative estimate of drug-likeness (QED) is 0.843. The summed E-state index contributed by atoms with van der Waals surface area (Å²) in [5.41, 5.74) is 1.36. The zero-order valence-corrected chi connectivity index (χ0v) is 13.3. The molecule has 1 fully saturated rings. The molecule has 0 spiro atoms. The molecule has 0 aromatic heterocycles. The molecule has 1 aliphatic heterocycles. The summed E-state index contributed by atoms with van der Waals surface area (Å²) in [5.74, 6) is 2.55.